The van der Waals surface area contributed by atoms with Crippen LogP contribution >= 0.6 is 0 Å². The second-order valence-electron chi connectivity index (χ2n) is 7.92. The van der Waals surface area contributed by atoms with Gasteiger partial charge < -0.3 is 29.4 Å². The first kappa shape index (κ1) is 20.0. The summed E-state index contributed by atoms with van der Waals surface area (Å²) in [7, 11) is 1.58. The summed E-state index contributed by atoms with van der Waals surface area (Å²) >= 11 is 0. The first-order valence-corrected chi connectivity index (χ1v) is 10.4. The fraction of sp³-hybridized carbons (Fsp3) is 0.250. The third kappa shape index (κ3) is 3.75. The van der Waals surface area contributed by atoms with Crippen molar-refractivity contribution in [3.05, 3.63) is 66.6 Å². The number of anilines is 1. The molecule has 0 atom stereocenters. The summed E-state index contributed by atoms with van der Waals surface area (Å²) in [6.45, 7) is 0.914. The summed E-state index contributed by atoms with van der Waals surface area (Å²) in [6.07, 6.45) is 4.22. The van der Waals surface area contributed by atoms with E-state index >= 15 is 0 Å². The lowest BCUT2D eigenvalue weighted by Crippen LogP contribution is -2.61. The largest absolute Gasteiger partial charge is 0.497 e. The maximum atomic E-state index is 12.9. The molecular formula is C24H23N3O5. The maximum Gasteiger partial charge on any atom is 0.321 e. The summed E-state index contributed by atoms with van der Waals surface area (Å²) in [4.78, 5) is 27.3. The molecule has 0 unspecified atom stereocenters. The van der Waals surface area contributed by atoms with Crippen molar-refractivity contribution < 1.29 is 23.5 Å². The molecule has 3 amide bonds. The van der Waals surface area contributed by atoms with E-state index in [9.17, 15) is 9.59 Å². The highest BCUT2D eigenvalue weighted by Crippen LogP contribution is 2.36. The molecule has 32 heavy (non-hydrogen) atoms. The lowest BCUT2D eigenvalue weighted by Gasteiger charge is -2.44. The Morgan fingerprint density at radius 3 is 2.72 bits per heavy atom. The van der Waals surface area contributed by atoms with Crippen molar-refractivity contribution in [3.63, 3.8) is 0 Å². The van der Waals surface area contributed by atoms with Crippen molar-refractivity contribution in [2.24, 2.45) is 0 Å². The van der Waals surface area contributed by atoms with Crippen LogP contribution in [-0.4, -0.2) is 42.8 Å². The van der Waals surface area contributed by atoms with Gasteiger partial charge in [-0.05, 0) is 35.9 Å². The number of rotatable bonds is 3. The van der Waals surface area contributed by atoms with Gasteiger partial charge >= 0.3 is 6.03 Å². The fourth-order valence-corrected chi connectivity index (χ4v) is 4.12. The van der Waals surface area contributed by atoms with Gasteiger partial charge in [-0.3, -0.25) is 4.79 Å². The summed E-state index contributed by atoms with van der Waals surface area (Å²) in [5.41, 5.74) is 2.13. The number of benzene rings is 2. The Balaban J connectivity index is 1.25. The quantitative estimate of drug-likeness (QED) is 0.649. The standard InChI is InChI=1S/C24H23N3O5/c1-30-19-4-2-3-18(14-19)25-23(29)27-10-8-24(9-11-27)26-22(28)20-13-16(5-6-21(20)32-24)17-7-12-31-15-17/h2-7,12-15H,8-11H2,1H3,(H,25,29)(H,26,28). The number of nitrogens with one attached hydrogen (secondary N) is 2. The lowest BCUT2D eigenvalue weighted by molar-refractivity contribution is -0.0203. The third-order valence-electron chi connectivity index (χ3n) is 5.90. The van der Waals surface area contributed by atoms with E-state index in [1.165, 1.54) is 0 Å². The number of carbonyl (C=O) groups excluding carboxylic acids is 2. The highest BCUT2D eigenvalue weighted by molar-refractivity contribution is 5.99. The van der Waals surface area contributed by atoms with Crippen LogP contribution in [0.5, 0.6) is 11.5 Å². The van der Waals surface area contributed by atoms with Crippen LogP contribution in [0.25, 0.3) is 11.1 Å². The van der Waals surface area contributed by atoms with Gasteiger partial charge in [-0.25, -0.2) is 4.79 Å². The van der Waals surface area contributed by atoms with Crippen LogP contribution in [0.1, 0.15) is 23.2 Å². The van der Waals surface area contributed by atoms with Crippen molar-refractivity contribution in [2.45, 2.75) is 18.6 Å². The molecule has 2 aromatic carbocycles. The van der Waals surface area contributed by atoms with E-state index in [0.717, 1.165) is 11.1 Å². The van der Waals surface area contributed by atoms with Gasteiger partial charge in [-0.1, -0.05) is 12.1 Å². The Bertz CT molecular complexity index is 1150. The van der Waals surface area contributed by atoms with Crippen molar-refractivity contribution >= 4 is 17.6 Å². The average Bonchev–Trinajstić information content (AvgIpc) is 3.34. The van der Waals surface area contributed by atoms with Gasteiger partial charge in [0.2, 0.25) is 0 Å². The van der Waals surface area contributed by atoms with Gasteiger partial charge in [-0.15, -0.1) is 0 Å². The number of likely N-dealkylation sites (tertiary alicyclic amines) is 1. The number of carbonyl (C=O) groups is 2. The number of amides is 3. The number of methoxy groups -OCH3 is 1. The van der Waals surface area contributed by atoms with Crippen LogP contribution in [-0.2, 0) is 0 Å². The SMILES string of the molecule is COc1cccc(NC(=O)N2CCC3(CC2)NC(=O)c2cc(-c4ccoc4)ccc2O3)c1. The van der Waals surface area contributed by atoms with Gasteiger partial charge in [0.05, 0.1) is 25.2 Å². The van der Waals surface area contributed by atoms with E-state index < -0.39 is 5.72 Å². The fourth-order valence-electron chi connectivity index (χ4n) is 4.12. The zero-order valence-corrected chi connectivity index (χ0v) is 17.6. The minimum atomic E-state index is -0.812. The first-order chi connectivity index (χ1) is 15.5. The first-order valence-electron chi connectivity index (χ1n) is 10.4. The highest BCUT2D eigenvalue weighted by Gasteiger charge is 2.43. The normalized spacial score (nSPS) is 16.7. The molecule has 1 fully saturated rings. The molecule has 1 spiro atoms. The topological polar surface area (TPSA) is 93.0 Å². The van der Waals surface area contributed by atoms with E-state index in [-0.39, 0.29) is 11.9 Å². The molecule has 2 N–H and O–H groups in total. The van der Waals surface area contributed by atoms with E-state index in [4.69, 9.17) is 13.9 Å². The molecule has 0 aliphatic carbocycles. The molecule has 2 aliphatic rings. The zero-order valence-electron chi connectivity index (χ0n) is 17.6. The molecule has 5 rings (SSSR count). The van der Waals surface area contributed by atoms with Crippen LogP contribution in [0, 0.1) is 0 Å². The molecule has 3 heterocycles. The Morgan fingerprint density at radius 1 is 1.12 bits per heavy atom. The molecule has 3 aromatic rings. The number of fused-ring (bicyclic) bond motifs is 1. The summed E-state index contributed by atoms with van der Waals surface area (Å²) in [5, 5.41) is 5.92. The van der Waals surface area contributed by atoms with Gasteiger partial charge in [0, 0.05) is 43.2 Å². The number of hydrogen-bond acceptors (Lipinski definition) is 5. The number of hydrogen-bond donors (Lipinski definition) is 2. The number of furan rings is 1. The Morgan fingerprint density at radius 2 is 1.97 bits per heavy atom. The number of nitrogens with zero attached hydrogens (tertiary/aromatic N) is 1. The summed E-state index contributed by atoms with van der Waals surface area (Å²) < 4.78 is 16.6. The van der Waals surface area contributed by atoms with Crippen molar-refractivity contribution in [1.82, 2.24) is 10.2 Å². The van der Waals surface area contributed by atoms with E-state index in [0.29, 0.717) is 48.7 Å². The number of urea groups is 1. The average molecular weight is 433 g/mol. The Hall–Kier alpha value is -3.94. The van der Waals surface area contributed by atoms with Crippen LogP contribution in [0.2, 0.25) is 0 Å². The monoisotopic (exact) mass is 433 g/mol. The Labute approximate surface area is 185 Å². The van der Waals surface area contributed by atoms with E-state index in [1.54, 1.807) is 36.7 Å². The molecule has 1 saturated heterocycles. The molecule has 164 valence electrons. The molecule has 0 bridgehead atoms. The molecule has 8 heteroatoms. The van der Waals surface area contributed by atoms with Crippen molar-refractivity contribution in [2.75, 3.05) is 25.5 Å². The van der Waals surface area contributed by atoms with Gasteiger partial charge in [-0.2, -0.15) is 0 Å². The molecule has 8 nitrogen and oxygen atoms in total. The second kappa shape index (κ2) is 7.96. The van der Waals surface area contributed by atoms with Gasteiger partial charge in [0.25, 0.3) is 5.91 Å². The van der Waals surface area contributed by atoms with E-state index in [2.05, 4.69) is 10.6 Å². The Kier molecular flexibility index (Phi) is 4.97. The minimum Gasteiger partial charge on any atom is -0.497 e. The zero-order chi connectivity index (χ0) is 22.1. The second-order valence-corrected chi connectivity index (χ2v) is 7.92. The van der Waals surface area contributed by atoms with Crippen LogP contribution in [0.3, 0.4) is 0 Å². The molecule has 2 aliphatic heterocycles. The minimum absolute atomic E-state index is 0.175. The summed E-state index contributed by atoms with van der Waals surface area (Å²) in [5.74, 6) is 1.05. The molecule has 1 aromatic heterocycles. The van der Waals surface area contributed by atoms with Crippen LogP contribution in [0.15, 0.2) is 65.5 Å². The smallest absolute Gasteiger partial charge is 0.321 e. The molecule has 0 radical (unpaired) electrons. The van der Waals surface area contributed by atoms with Crippen LogP contribution < -0.4 is 20.1 Å². The predicted octanol–water partition coefficient (Wildman–Crippen LogP) is 4.10. The molecular weight excluding hydrogens is 410 g/mol. The predicted molar refractivity (Wildman–Crippen MR) is 118 cm³/mol. The van der Waals surface area contributed by atoms with E-state index in [1.807, 2.05) is 36.4 Å². The third-order valence-corrected chi connectivity index (χ3v) is 5.90. The van der Waals surface area contributed by atoms with Gasteiger partial charge in [0.1, 0.15) is 11.5 Å². The lowest BCUT2D eigenvalue weighted by atomic mass is 9.96. The number of piperidine rings is 1. The van der Waals surface area contributed by atoms with Crippen molar-refractivity contribution in [3.8, 4) is 22.6 Å². The number of ether oxygens (including phenoxy) is 2. The highest BCUT2D eigenvalue weighted by atomic mass is 16.5. The summed E-state index contributed by atoms with van der Waals surface area (Å²) in [6, 6.07) is 14.4. The van der Waals surface area contributed by atoms with Gasteiger partial charge in [0.15, 0.2) is 5.72 Å². The molecule has 0 saturated carbocycles. The van der Waals surface area contributed by atoms with Crippen LogP contribution in [0.4, 0.5) is 10.5 Å². The van der Waals surface area contributed by atoms with Crippen molar-refractivity contribution in [1.29, 1.82) is 0 Å². The maximum absolute atomic E-state index is 12.9.